The van der Waals surface area contributed by atoms with Crippen LogP contribution in [0.25, 0.3) is 0 Å². The van der Waals surface area contributed by atoms with Gasteiger partial charge in [-0.25, -0.2) is 0 Å². The molecule has 0 radical (unpaired) electrons. The van der Waals surface area contributed by atoms with Crippen LogP contribution in [-0.4, -0.2) is 62.6 Å². The van der Waals surface area contributed by atoms with Crippen LogP contribution in [0.4, 0.5) is 5.69 Å². The van der Waals surface area contributed by atoms with Gasteiger partial charge in [0.25, 0.3) is 0 Å². The Balaban J connectivity index is 1.42. The summed E-state index contributed by atoms with van der Waals surface area (Å²) < 4.78 is 11.1. The zero-order chi connectivity index (χ0) is 20.9. The number of methoxy groups -OCH3 is 1. The quantitative estimate of drug-likeness (QED) is 0.773. The second kappa shape index (κ2) is 9.51. The van der Waals surface area contributed by atoms with Gasteiger partial charge in [0.1, 0.15) is 24.2 Å². The highest BCUT2D eigenvalue weighted by Gasteiger charge is 2.20. The molecule has 5 nitrogen and oxygen atoms in total. The zero-order valence-corrected chi connectivity index (χ0v) is 18.1. The summed E-state index contributed by atoms with van der Waals surface area (Å²) in [6, 6.07) is 16.3. The number of hydrogen-bond donors (Lipinski definition) is 1. The molecule has 0 bridgehead atoms. The van der Waals surface area contributed by atoms with E-state index in [0.29, 0.717) is 13.2 Å². The highest BCUT2D eigenvalue weighted by Crippen LogP contribution is 2.24. The molecule has 1 heterocycles. The Hall–Kier alpha value is -2.24. The first-order valence-electron chi connectivity index (χ1n) is 10.4. The maximum absolute atomic E-state index is 10.4. The van der Waals surface area contributed by atoms with Gasteiger partial charge >= 0.3 is 0 Å². The Morgan fingerprint density at radius 3 is 2.28 bits per heavy atom. The molecule has 1 saturated heterocycles. The Morgan fingerprint density at radius 2 is 1.66 bits per heavy atom. The van der Waals surface area contributed by atoms with Crippen LogP contribution in [0, 0.1) is 0 Å². The Kier molecular flexibility index (Phi) is 7.04. The van der Waals surface area contributed by atoms with E-state index >= 15 is 0 Å². The normalized spacial score (nSPS) is 16.5. The first-order chi connectivity index (χ1) is 13.8. The van der Waals surface area contributed by atoms with E-state index in [1.807, 2.05) is 24.3 Å². The fourth-order valence-electron chi connectivity index (χ4n) is 3.59. The smallest absolute Gasteiger partial charge is 0.120 e. The lowest BCUT2D eigenvalue weighted by molar-refractivity contribution is 0.0663. The van der Waals surface area contributed by atoms with E-state index in [1.165, 1.54) is 11.3 Å². The SMILES string of the molecule is COc1cccc(N2CCN(CC(O)COc3ccc(C(C)(C)C)cc3)CC2)c1. The molecule has 1 N–H and O–H groups in total. The minimum Gasteiger partial charge on any atom is -0.497 e. The molecule has 1 unspecified atom stereocenters. The van der Waals surface area contributed by atoms with Crippen molar-refractivity contribution in [2.75, 3.05) is 51.3 Å². The Labute approximate surface area is 174 Å². The third kappa shape index (κ3) is 6.12. The van der Waals surface area contributed by atoms with Crippen molar-refractivity contribution >= 4 is 5.69 Å². The molecule has 0 amide bonds. The highest BCUT2D eigenvalue weighted by atomic mass is 16.5. The number of hydrogen-bond acceptors (Lipinski definition) is 5. The molecule has 2 aromatic carbocycles. The van der Waals surface area contributed by atoms with E-state index in [9.17, 15) is 5.11 Å². The molecule has 0 aromatic heterocycles. The summed E-state index contributed by atoms with van der Waals surface area (Å²) in [5.41, 5.74) is 2.59. The number of ether oxygens (including phenoxy) is 2. The molecule has 158 valence electrons. The molecule has 29 heavy (non-hydrogen) atoms. The summed E-state index contributed by atoms with van der Waals surface area (Å²) in [6.45, 7) is 11.3. The Bertz CT molecular complexity index is 762. The van der Waals surface area contributed by atoms with Crippen molar-refractivity contribution in [1.29, 1.82) is 0 Å². The lowest BCUT2D eigenvalue weighted by atomic mass is 9.87. The zero-order valence-electron chi connectivity index (χ0n) is 18.1. The van der Waals surface area contributed by atoms with Crippen molar-refractivity contribution < 1.29 is 14.6 Å². The predicted molar refractivity (Wildman–Crippen MR) is 118 cm³/mol. The molecule has 2 aromatic rings. The third-order valence-electron chi connectivity index (χ3n) is 5.42. The van der Waals surface area contributed by atoms with Crippen molar-refractivity contribution in [1.82, 2.24) is 4.90 Å². The minimum atomic E-state index is -0.499. The molecule has 1 aliphatic heterocycles. The van der Waals surface area contributed by atoms with Crippen molar-refractivity contribution in [2.24, 2.45) is 0 Å². The van der Waals surface area contributed by atoms with Crippen molar-refractivity contribution in [2.45, 2.75) is 32.3 Å². The molecule has 1 aliphatic rings. The van der Waals surface area contributed by atoms with E-state index in [1.54, 1.807) is 7.11 Å². The van der Waals surface area contributed by atoms with Crippen LogP contribution in [0.15, 0.2) is 48.5 Å². The number of piperazine rings is 1. The van der Waals surface area contributed by atoms with Gasteiger partial charge in [0.05, 0.1) is 7.11 Å². The molecule has 0 saturated carbocycles. The van der Waals surface area contributed by atoms with E-state index in [0.717, 1.165) is 37.7 Å². The van der Waals surface area contributed by atoms with Crippen LogP contribution < -0.4 is 14.4 Å². The number of benzene rings is 2. The third-order valence-corrected chi connectivity index (χ3v) is 5.42. The summed E-state index contributed by atoms with van der Waals surface area (Å²) in [5.74, 6) is 1.69. The van der Waals surface area contributed by atoms with Crippen molar-refractivity contribution in [3.63, 3.8) is 0 Å². The van der Waals surface area contributed by atoms with E-state index < -0.39 is 6.10 Å². The fraction of sp³-hybridized carbons (Fsp3) is 0.500. The molecule has 0 aliphatic carbocycles. The maximum Gasteiger partial charge on any atom is 0.120 e. The molecule has 1 fully saturated rings. The van der Waals surface area contributed by atoms with Crippen LogP contribution in [0.2, 0.25) is 0 Å². The van der Waals surface area contributed by atoms with Gasteiger partial charge in [0.2, 0.25) is 0 Å². The molecular weight excluding hydrogens is 364 g/mol. The van der Waals surface area contributed by atoms with Gasteiger partial charge in [-0.05, 0) is 35.2 Å². The second-order valence-corrected chi connectivity index (χ2v) is 8.73. The number of aliphatic hydroxyl groups excluding tert-OH is 1. The van der Waals surface area contributed by atoms with Crippen LogP contribution in [0.3, 0.4) is 0 Å². The first-order valence-corrected chi connectivity index (χ1v) is 10.4. The van der Waals surface area contributed by atoms with Gasteiger partial charge in [0.15, 0.2) is 0 Å². The van der Waals surface area contributed by atoms with Crippen LogP contribution in [0.1, 0.15) is 26.3 Å². The van der Waals surface area contributed by atoms with Crippen LogP contribution >= 0.6 is 0 Å². The number of β-amino-alcohol motifs (C(OH)–C–C–N with tert-alkyl or cyclic N) is 1. The van der Waals surface area contributed by atoms with Crippen molar-refractivity contribution in [3.05, 3.63) is 54.1 Å². The molecule has 3 rings (SSSR count). The second-order valence-electron chi connectivity index (χ2n) is 8.73. The average molecular weight is 399 g/mol. The van der Waals surface area contributed by atoms with E-state index in [4.69, 9.17) is 9.47 Å². The molecule has 5 heteroatoms. The minimum absolute atomic E-state index is 0.130. The topological polar surface area (TPSA) is 45.2 Å². The van der Waals surface area contributed by atoms with Gasteiger partial charge < -0.3 is 19.5 Å². The first kappa shape index (κ1) is 21.5. The Morgan fingerprint density at radius 1 is 0.966 bits per heavy atom. The summed E-state index contributed by atoms with van der Waals surface area (Å²) in [4.78, 5) is 4.66. The molecular formula is C24H34N2O3. The summed E-state index contributed by atoms with van der Waals surface area (Å²) in [7, 11) is 1.69. The van der Waals surface area contributed by atoms with Gasteiger partial charge in [-0.15, -0.1) is 0 Å². The summed E-state index contributed by atoms with van der Waals surface area (Å²) >= 11 is 0. The van der Waals surface area contributed by atoms with Gasteiger partial charge in [-0.1, -0.05) is 39.0 Å². The van der Waals surface area contributed by atoms with Gasteiger partial charge in [0, 0.05) is 44.5 Å². The highest BCUT2D eigenvalue weighted by molar-refractivity contribution is 5.51. The standard InChI is InChI=1S/C24H34N2O3/c1-24(2,3)19-8-10-22(11-9-19)29-18-21(27)17-25-12-14-26(15-13-25)20-6-5-7-23(16-20)28-4/h5-11,16,21,27H,12-15,17-18H2,1-4H3. The fourth-order valence-corrected chi connectivity index (χ4v) is 3.59. The van der Waals surface area contributed by atoms with Gasteiger partial charge in [-0.3, -0.25) is 4.90 Å². The monoisotopic (exact) mass is 398 g/mol. The largest absolute Gasteiger partial charge is 0.497 e. The number of aliphatic hydroxyl groups is 1. The lowest BCUT2D eigenvalue weighted by Crippen LogP contribution is -2.49. The summed E-state index contributed by atoms with van der Waals surface area (Å²) in [5, 5.41) is 10.4. The van der Waals surface area contributed by atoms with E-state index in [2.05, 4.69) is 54.8 Å². The summed E-state index contributed by atoms with van der Waals surface area (Å²) in [6.07, 6.45) is -0.499. The predicted octanol–water partition coefficient (Wildman–Crippen LogP) is 3.55. The lowest BCUT2D eigenvalue weighted by Gasteiger charge is -2.37. The number of rotatable bonds is 7. The number of anilines is 1. The van der Waals surface area contributed by atoms with E-state index in [-0.39, 0.29) is 5.41 Å². The van der Waals surface area contributed by atoms with Crippen LogP contribution in [0.5, 0.6) is 11.5 Å². The maximum atomic E-state index is 10.4. The van der Waals surface area contributed by atoms with Crippen molar-refractivity contribution in [3.8, 4) is 11.5 Å². The molecule has 0 spiro atoms. The average Bonchev–Trinajstić information content (AvgIpc) is 2.72. The van der Waals surface area contributed by atoms with Gasteiger partial charge in [-0.2, -0.15) is 0 Å². The number of nitrogens with zero attached hydrogens (tertiary/aromatic N) is 2. The molecule has 1 atom stereocenters. The van der Waals surface area contributed by atoms with Crippen LogP contribution in [-0.2, 0) is 5.41 Å².